The van der Waals surface area contributed by atoms with Crippen molar-refractivity contribution in [1.82, 2.24) is 0 Å². The maximum absolute atomic E-state index is 2.36. The number of hydrogen-bond donors (Lipinski definition) is 0. The molecule has 0 aliphatic heterocycles. The molecule has 0 aromatic heterocycles. The largest absolute Gasteiger partial charge is 0.331 e. The molecule has 0 amide bonds. The third-order valence-corrected chi connectivity index (χ3v) is 2.07. The molecule has 0 unspecified atom stereocenters. The van der Waals surface area contributed by atoms with E-state index in [1.54, 1.807) is 0 Å². The van der Waals surface area contributed by atoms with Crippen LogP contribution in [0.3, 0.4) is 0 Å². The quantitative estimate of drug-likeness (QED) is 0.539. The Bertz CT molecular complexity index is 91.5. The van der Waals surface area contributed by atoms with E-state index in [4.69, 9.17) is 0 Å². The molecule has 0 saturated carbocycles. The molecule has 0 bridgehead atoms. The number of hydrogen-bond acceptors (Lipinski definition) is 0. The van der Waals surface area contributed by atoms with Crippen LogP contribution in [0.1, 0.15) is 33.1 Å². The summed E-state index contributed by atoms with van der Waals surface area (Å²) in [7, 11) is 6.79. The molecule has 0 aliphatic carbocycles. The van der Waals surface area contributed by atoms with Crippen LogP contribution < -0.4 is 0 Å². The van der Waals surface area contributed by atoms with Crippen molar-refractivity contribution in [2.75, 3.05) is 27.7 Å². The molecular weight excluding hydrogens is 134 g/mol. The Morgan fingerprint density at radius 3 is 2.00 bits per heavy atom. The average Bonchev–Trinajstić information content (AvgIpc) is 1.83. The summed E-state index contributed by atoms with van der Waals surface area (Å²) < 4.78 is 1.11. The van der Waals surface area contributed by atoms with E-state index in [0.717, 1.165) is 10.4 Å². The average molecular weight is 158 g/mol. The Kier molecular flexibility index (Phi) is 4.74. The van der Waals surface area contributed by atoms with Crippen LogP contribution in [0.4, 0.5) is 0 Å². The third-order valence-electron chi connectivity index (χ3n) is 2.07. The zero-order chi connectivity index (χ0) is 8.91. The molecule has 68 valence electrons. The van der Waals surface area contributed by atoms with Gasteiger partial charge in [0.1, 0.15) is 0 Å². The molecule has 0 spiro atoms. The molecule has 0 saturated heterocycles. The lowest BCUT2D eigenvalue weighted by Gasteiger charge is -2.25. The van der Waals surface area contributed by atoms with E-state index in [2.05, 4.69) is 35.0 Å². The molecular formula is C10H24N+. The van der Waals surface area contributed by atoms with Gasteiger partial charge in [-0.25, -0.2) is 0 Å². The molecule has 1 atom stereocenters. The SMILES string of the molecule is CCC[C@H](C)CC[N+](C)(C)C. The van der Waals surface area contributed by atoms with Crippen molar-refractivity contribution in [3.8, 4) is 0 Å². The second-order valence-electron chi connectivity index (χ2n) is 4.70. The van der Waals surface area contributed by atoms with Gasteiger partial charge in [-0.3, -0.25) is 0 Å². The summed E-state index contributed by atoms with van der Waals surface area (Å²) in [5.41, 5.74) is 0. The normalized spacial score (nSPS) is 15.0. The lowest BCUT2D eigenvalue weighted by atomic mass is 10.0. The van der Waals surface area contributed by atoms with E-state index in [1.165, 1.54) is 25.8 Å². The molecule has 0 aromatic rings. The summed E-state index contributed by atoms with van der Waals surface area (Å²) in [5, 5.41) is 0. The van der Waals surface area contributed by atoms with Gasteiger partial charge in [0.05, 0.1) is 27.7 Å². The fourth-order valence-corrected chi connectivity index (χ4v) is 1.24. The first-order chi connectivity index (χ1) is 4.95. The Balaban J connectivity index is 3.38. The van der Waals surface area contributed by atoms with Gasteiger partial charge in [0.2, 0.25) is 0 Å². The second kappa shape index (κ2) is 4.76. The highest BCUT2D eigenvalue weighted by atomic mass is 15.3. The molecule has 0 rings (SSSR count). The minimum atomic E-state index is 0.914. The zero-order valence-corrected chi connectivity index (χ0v) is 8.85. The zero-order valence-electron chi connectivity index (χ0n) is 8.85. The fraction of sp³-hybridized carbons (Fsp3) is 1.00. The monoisotopic (exact) mass is 158 g/mol. The summed E-state index contributed by atoms with van der Waals surface area (Å²) in [6.07, 6.45) is 4.09. The van der Waals surface area contributed by atoms with Gasteiger partial charge in [-0.1, -0.05) is 26.7 Å². The molecule has 0 radical (unpaired) electrons. The summed E-state index contributed by atoms with van der Waals surface area (Å²) in [4.78, 5) is 0. The molecule has 0 aliphatic rings. The van der Waals surface area contributed by atoms with Crippen molar-refractivity contribution < 1.29 is 4.48 Å². The molecule has 0 aromatic carbocycles. The van der Waals surface area contributed by atoms with Crippen molar-refractivity contribution >= 4 is 0 Å². The van der Waals surface area contributed by atoms with Crippen molar-refractivity contribution in [2.45, 2.75) is 33.1 Å². The van der Waals surface area contributed by atoms with Gasteiger partial charge in [0.25, 0.3) is 0 Å². The van der Waals surface area contributed by atoms with Gasteiger partial charge in [0.15, 0.2) is 0 Å². The number of quaternary nitrogens is 1. The predicted molar refractivity (Wildman–Crippen MR) is 51.6 cm³/mol. The standard InChI is InChI=1S/C10H24N/c1-6-7-10(2)8-9-11(3,4)5/h10H,6-9H2,1-5H3/q+1/t10-/m0/s1. The van der Waals surface area contributed by atoms with Crippen molar-refractivity contribution in [3.63, 3.8) is 0 Å². The van der Waals surface area contributed by atoms with E-state index >= 15 is 0 Å². The van der Waals surface area contributed by atoms with Gasteiger partial charge in [-0.05, 0) is 12.3 Å². The van der Waals surface area contributed by atoms with Crippen molar-refractivity contribution in [3.05, 3.63) is 0 Å². The Morgan fingerprint density at radius 1 is 1.09 bits per heavy atom. The van der Waals surface area contributed by atoms with E-state index < -0.39 is 0 Å². The maximum Gasteiger partial charge on any atom is 0.0783 e. The van der Waals surface area contributed by atoms with Gasteiger partial charge < -0.3 is 4.48 Å². The first kappa shape index (κ1) is 11.0. The molecule has 11 heavy (non-hydrogen) atoms. The lowest BCUT2D eigenvalue weighted by molar-refractivity contribution is -0.870. The Labute approximate surface area is 72.0 Å². The van der Waals surface area contributed by atoms with Crippen molar-refractivity contribution in [2.24, 2.45) is 5.92 Å². The molecule has 0 N–H and O–H groups in total. The van der Waals surface area contributed by atoms with Gasteiger partial charge in [-0.2, -0.15) is 0 Å². The topological polar surface area (TPSA) is 0 Å². The van der Waals surface area contributed by atoms with Gasteiger partial charge >= 0.3 is 0 Å². The van der Waals surface area contributed by atoms with E-state index in [1.807, 2.05) is 0 Å². The van der Waals surface area contributed by atoms with Crippen LogP contribution in [0, 0.1) is 5.92 Å². The van der Waals surface area contributed by atoms with Gasteiger partial charge in [0, 0.05) is 0 Å². The highest BCUT2D eigenvalue weighted by molar-refractivity contribution is 4.50. The minimum absolute atomic E-state index is 0.914. The van der Waals surface area contributed by atoms with Gasteiger partial charge in [-0.15, -0.1) is 0 Å². The summed E-state index contributed by atoms with van der Waals surface area (Å²) >= 11 is 0. The maximum atomic E-state index is 2.36. The highest BCUT2D eigenvalue weighted by Crippen LogP contribution is 2.11. The van der Waals surface area contributed by atoms with Crippen LogP contribution in [-0.4, -0.2) is 32.2 Å². The highest BCUT2D eigenvalue weighted by Gasteiger charge is 2.09. The number of rotatable bonds is 5. The smallest absolute Gasteiger partial charge is 0.0783 e. The molecule has 1 nitrogen and oxygen atoms in total. The van der Waals surface area contributed by atoms with E-state index in [0.29, 0.717) is 0 Å². The summed E-state index contributed by atoms with van der Waals surface area (Å²) in [6.45, 7) is 5.93. The minimum Gasteiger partial charge on any atom is -0.331 e. The van der Waals surface area contributed by atoms with Crippen LogP contribution in [-0.2, 0) is 0 Å². The Morgan fingerprint density at radius 2 is 1.64 bits per heavy atom. The van der Waals surface area contributed by atoms with E-state index in [9.17, 15) is 0 Å². The van der Waals surface area contributed by atoms with E-state index in [-0.39, 0.29) is 0 Å². The Hall–Kier alpha value is -0.0400. The van der Waals surface area contributed by atoms with Crippen molar-refractivity contribution in [1.29, 1.82) is 0 Å². The second-order valence-corrected chi connectivity index (χ2v) is 4.70. The summed E-state index contributed by atoms with van der Waals surface area (Å²) in [5.74, 6) is 0.914. The fourth-order valence-electron chi connectivity index (χ4n) is 1.24. The van der Waals surface area contributed by atoms with Crippen LogP contribution in [0.15, 0.2) is 0 Å². The molecule has 0 heterocycles. The van der Waals surface area contributed by atoms with Crippen LogP contribution in [0.2, 0.25) is 0 Å². The number of nitrogens with zero attached hydrogens (tertiary/aromatic N) is 1. The first-order valence-corrected chi connectivity index (χ1v) is 4.76. The molecule has 1 heteroatoms. The third kappa shape index (κ3) is 7.86. The first-order valence-electron chi connectivity index (χ1n) is 4.76. The van der Waals surface area contributed by atoms with Crippen LogP contribution >= 0.6 is 0 Å². The molecule has 0 fully saturated rings. The lowest BCUT2D eigenvalue weighted by Crippen LogP contribution is -2.36. The van der Waals surface area contributed by atoms with Crippen LogP contribution in [0.5, 0.6) is 0 Å². The van der Waals surface area contributed by atoms with Crippen LogP contribution in [0.25, 0.3) is 0 Å². The summed E-state index contributed by atoms with van der Waals surface area (Å²) in [6, 6.07) is 0. The predicted octanol–water partition coefficient (Wildman–Crippen LogP) is 2.52.